The van der Waals surface area contributed by atoms with Gasteiger partial charge in [-0.1, -0.05) is 36.4 Å². The topological polar surface area (TPSA) is 94.5 Å². The number of rotatable bonds is 6. The maximum absolute atomic E-state index is 14.8. The molecule has 0 radical (unpaired) electrons. The molecule has 0 saturated carbocycles. The first-order chi connectivity index (χ1) is 17.5. The fraction of sp³-hybridized carbons (Fsp3) is 0.259. The van der Waals surface area contributed by atoms with Crippen molar-refractivity contribution in [3.8, 4) is 22.6 Å². The molecule has 0 aromatic heterocycles. The second-order valence-corrected chi connectivity index (χ2v) is 8.52. The highest BCUT2D eigenvalue weighted by atomic mass is 19.1. The molecule has 1 N–H and O–H groups in total. The molecule has 2 heterocycles. The second kappa shape index (κ2) is 10.2. The standard InChI is InChI=1S/C27H24FNO7/c28-23-7-6-19(21-12-18(14-25(30)31)13-24-26(21)34-11-10-33-24)22-15-29(9-8-20(22)23)36-27(32)35-16-17-4-2-1-3-5-17/h1-7,12-13H,8-11,14-16H2,(H,30,31). The molecule has 2 aliphatic rings. The van der Waals surface area contributed by atoms with Crippen LogP contribution in [-0.2, 0) is 40.4 Å². The Morgan fingerprint density at radius 3 is 2.58 bits per heavy atom. The summed E-state index contributed by atoms with van der Waals surface area (Å²) in [6.07, 6.45) is -0.733. The van der Waals surface area contributed by atoms with E-state index in [0.717, 1.165) is 5.56 Å². The third kappa shape index (κ3) is 5.11. The number of carbonyl (C=O) groups excluding carboxylic acids is 1. The summed E-state index contributed by atoms with van der Waals surface area (Å²) in [5.74, 6) is -0.411. The van der Waals surface area contributed by atoms with Crippen LogP contribution in [0.4, 0.5) is 9.18 Å². The van der Waals surface area contributed by atoms with E-state index in [2.05, 4.69) is 0 Å². The van der Waals surface area contributed by atoms with Gasteiger partial charge in [0.1, 0.15) is 25.6 Å². The number of benzene rings is 3. The van der Waals surface area contributed by atoms with E-state index in [-0.39, 0.29) is 25.4 Å². The summed E-state index contributed by atoms with van der Waals surface area (Å²) in [7, 11) is 0. The molecule has 8 nitrogen and oxygen atoms in total. The predicted molar refractivity (Wildman–Crippen MR) is 126 cm³/mol. The van der Waals surface area contributed by atoms with Crippen LogP contribution >= 0.6 is 0 Å². The Kier molecular flexibility index (Phi) is 6.73. The van der Waals surface area contributed by atoms with Crippen LogP contribution in [0.3, 0.4) is 0 Å². The van der Waals surface area contributed by atoms with Crippen molar-refractivity contribution in [1.82, 2.24) is 5.06 Å². The van der Waals surface area contributed by atoms with Crippen LogP contribution < -0.4 is 9.47 Å². The van der Waals surface area contributed by atoms with Gasteiger partial charge in [0.25, 0.3) is 0 Å². The molecular formula is C27H24FNO7. The zero-order chi connectivity index (χ0) is 25.1. The molecule has 3 aromatic carbocycles. The van der Waals surface area contributed by atoms with E-state index >= 15 is 0 Å². The third-order valence-electron chi connectivity index (χ3n) is 6.07. The number of hydrogen-bond donors (Lipinski definition) is 1. The normalized spacial score (nSPS) is 14.6. The molecule has 5 rings (SSSR count). The summed E-state index contributed by atoms with van der Waals surface area (Å²) < 4.78 is 31.6. The van der Waals surface area contributed by atoms with Crippen molar-refractivity contribution >= 4 is 12.1 Å². The van der Waals surface area contributed by atoms with Gasteiger partial charge < -0.3 is 24.2 Å². The van der Waals surface area contributed by atoms with Crippen molar-refractivity contribution in [2.45, 2.75) is 26.0 Å². The first-order valence-electron chi connectivity index (χ1n) is 11.6. The summed E-state index contributed by atoms with van der Waals surface area (Å²) in [5, 5.41) is 10.7. The number of nitrogens with zero attached hydrogens (tertiary/aromatic N) is 1. The zero-order valence-electron chi connectivity index (χ0n) is 19.4. The molecule has 3 aromatic rings. The summed E-state index contributed by atoms with van der Waals surface area (Å²) >= 11 is 0. The Labute approximate surface area is 206 Å². The maximum Gasteiger partial charge on any atom is 0.528 e. The van der Waals surface area contributed by atoms with Crippen LogP contribution in [0, 0.1) is 5.82 Å². The van der Waals surface area contributed by atoms with Crippen molar-refractivity contribution in [2.24, 2.45) is 0 Å². The summed E-state index contributed by atoms with van der Waals surface area (Å²) in [5.41, 5.74) is 3.77. The maximum atomic E-state index is 14.8. The van der Waals surface area contributed by atoms with Gasteiger partial charge in [-0.2, -0.15) is 0 Å². The molecule has 36 heavy (non-hydrogen) atoms. The Morgan fingerprint density at radius 2 is 1.78 bits per heavy atom. The van der Waals surface area contributed by atoms with Gasteiger partial charge in [-0.15, -0.1) is 5.06 Å². The zero-order valence-corrected chi connectivity index (χ0v) is 19.4. The molecule has 0 amide bonds. The number of carboxylic acids is 1. The molecule has 9 heteroatoms. The molecule has 0 saturated heterocycles. The van der Waals surface area contributed by atoms with Crippen molar-refractivity contribution in [3.05, 3.63) is 82.7 Å². The fourth-order valence-corrected chi connectivity index (χ4v) is 4.47. The summed E-state index contributed by atoms with van der Waals surface area (Å²) in [6.45, 7) is 1.18. The van der Waals surface area contributed by atoms with Gasteiger partial charge in [-0.05, 0) is 52.4 Å². The minimum Gasteiger partial charge on any atom is -0.486 e. The average Bonchev–Trinajstić information content (AvgIpc) is 2.87. The van der Waals surface area contributed by atoms with Gasteiger partial charge in [-0.3, -0.25) is 4.79 Å². The number of ether oxygens (including phenoxy) is 3. The number of aliphatic carboxylic acids is 1. The van der Waals surface area contributed by atoms with E-state index in [9.17, 15) is 19.1 Å². The predicted octanol–water partition coefficient (Wildman–Crippen LogP) is 4.52. The number of fused-ring (bicyclic) bond motifs is 2. The molecule has 0 aliphatic carbocycles. The second-order valence-electron chi connectivity index (χ2n) is 8.52. The van der Waals surface area contributed by atoms with Crippen LogP contribution in [0.15, 0.2) is 54.6 Å². The number of carboxylic acid groups (broad SMARTS) is 1. The fourth-order valence-electron chi connectivity index (χ4n) is 4.47. The van der Waals surface area contributed by atoms with Crippen LogP contribution in [0.25, 0.3) is 11.1 Å². The van der Waals surface area contributed by atoms with E-state index in [1.807, 2.05) is 30.3 Å². The number of halogens is 1. The largest absolute Gasteiger partial charge is 0.528 e. The van der Waals surface area contributed by atoms with Gasteiger partial charge in [0.15, 0.2) is 11.5 Å². The van der Waals surface area contributed by atoms with Gasteiger partial charge in [-0.25, -0.2) is 9.18 Å². The van der Waals surface area contributed by atoms with Gasteiger partial charge >= 0.3 is 12.1 Å². The van der Waals surface area contributed by atoms with Crippen LogP contribution in [-0.4, -0.2) is 42.1 Å². The Morgan fingerprint density at radius 1 is 0.972 bits per heavy atom. The molecule has 0 bridgehead atoms. The van der Waals surface area contributed by atoms with Crippen molar-refractivity contribution in [3.63, 3.8) is 0 Å². The van der Waals surface area contributed by atoms with E-state index in [4.69, 9.17) is 19.0 Å². The van der Waals surface area contributed by atoms with Gasteiger partial charge in [0, 0.05) is 12.1 Å². The molecule has 186 valence electrons. The first kappa shape index (κ1) is 23.6. The lowest BCUT2D eigenvalue weighted by molar-refractivity contribution is -0.139. The van der Waals surface area contributed by atoms with Gasteiger partial charge in [0.2, 0.25) is 0 Å². The van der Waals surface area contributed by atoms with E-state index < -0.39 is 12.1 Å². The molecule has 0 unspecified atom stereocenters. The highest BCUT2D eigenvalue weighted by Crippen LogP contribution is 2.44. The molecule has 0 atom stereocenters. The van der Waals surface area contributed by atoms with Crippen LogP contribution in [0.2, 0.25) is 0 Å². The molecular weight excluding hydrogens is 469 g/mol. The molecule has 2 aliphatic heterocycles. The quantitative estimate of drug-likeness (QED) is 0.501. The lowest BCUT2D eigenvalue weighted by Gasteiger charge is -2.30. The minimum absolute atomic E-state index is 0.0732. The first-order valence-corrected chi connectivity index (χ1v) is 11.6. The third-order valence-corrected chi connectivity index (χ3v) is 6.07. The smallest absolute Gasteiger partial charge is 0.486 e. The van der Waals surface area contributed by atoms with E-state index in [1.54, 1.807) is 18.2 Å². The number of hydroxylamine groups is 2. The van der Waals surface area contributed by atoms with E-state index in [1.165, 1.54) is 11.1 Å². The molecule has 0 fully saturated rings. The molecule has 0 spiro atoms. The SMILES string of the molecule is O=C(O)Cc1cc2c(c(-c3ccc(F)c4c3CN(OC(=O)OCc3ccccc3)CC4)c1)OCCO2. The van der Waals surface area contributed by atoms with Crippen molar-refractivity contribution in [1.29, 1.82) is 0 Å². The lowest BCUT2D eigenvalue weighted by Crippen LogP contribution is -2.34. The van der Waals surface area contributed by atoms with Crippen LogP contribution in [0.5, 0.6) is 11.5 Å². The van der Waals surface area contributed by atoms with Crippen LogP contribution in [0.1, 0.15) is 22.3 Å². The lowest BCUT2D eigenvalue weighted by atomic mass is 9.89. The highest BCUT2D eigenvalue weighted by molar-refractivity contribution is 5.80. The highest BCUT2D eigenvalue weighted by Gasteiger charge is 2.28. The number of carbonyl (C=O) groups is 2. The minimum atomic E-state index is -0.979. The van der Waals surface area contributed by atoms with Crippen molar-refractivity contribution in [2.75, 3.05) is 19.8 Å². The van der Waals surface area contributed by atoms with Crippen molar-refractivity contribution < 1.29 is 38.1 Å². The summed E-state index contributed by atoms with van der Waals surface area (Å²) in [4.78, 5) is 29.1. The Hall–Kier alpha value is -4.11. The summed E-state index contributed by atoms with van der Waals surface area (Å²) in [6, 6.07) is 15.6. The van der Waals surface area contributed by atoms with Gasteiger partial charge in [0.05, 0.1) is 13.0 Å². The van der Waals surface area contributed by atoms with E-state index in [0.29, 0.717) is 65.5 Å². The Bertz CT molecular complexity index is 1300. The Balaban J connectivity index is 1.42. The monoisotopic (exact) mass is 493 g/mol. The number of hydrogen-bond acceptors (Lipinski definition) is 7. The average molecular weight is 493 g/mol.